The summed E-state index contributed by atoms with van der Waals surface area (Å²) in [5.41, 5.74) is -0.108. The fourth-order valence-electron chi connectivity index (χ4n) is 0.869. The molecule has 3 N–H and O–H groups in total. The van der Waals surface area contributed by atoms with Crippen molar-refractivity contribution >= 4 is 17.0 Å². The van der Waals surface area contributed by atoms with Crippen LogP contribution in [0.5, 0.6) is 0 Å². The molecule has 11 heavy (non-hydrogen) atoms. The van der Waals surface area contributed by atoms with Gasteiger partial charge in [-0.2, -0.15) is 0 Å². The fraction of sp³-hybridized carbons (Fsp3) is 1.00. The second kappa shape index (κ2) is 7.03. The molecule has 0 radical (unpaired) electrons. The molecule has 0 saturated heterocycles. The summed E-state index contributed by atoms with van der Waals surface area (Å²) in [5.74, 6) is 0. The molecule has 0 aliphatic carbocycles. The van der Waals surface area contributed by atoms with Crippen LogP contribution in [0.3, 0.4) is 0 Å². The fourth-order valence-corrected chi connectivity index (χ4v) is 0.869. The largest absolute Gasteiger partial charge is 0.396 e. The lowest BCUT2D eigenvalue weighted by Crippen LogP contribution is -2.41. The van der Waals surface area contributed by atoms with Crippen molar-refractivity contribution in [2.75, 3.05) is 20.3 Å². The van der Waals surface area contributed by atoms with Gasteiger partial charge in [0.1, 0.15) is 0 Å². The first-order valence-electron chi connectivity index (χ1n) is 3.59. The zero-order chi connectivity index (χ0) is 8.04. The maximum Gasteiger partial charge on any atom is 0.0448 e. The Morgan fingerprint density at radius 1 is 1.18 bits per heavy atom. The lowest BCUT2D eigenvalue weighted by Gasteiger charge is -2.27. The van der Waals surface area contributed by atoms with E-state index in [1.807, 2.05) is 14.0 Å². The molecule has 0 rings (SSSR count). The van der Waals surface area contributed by atoms with E-state index in [4.69, 9.17) is 10.2 Å². The average Bonchev–Trinajstić information content (AvgIpc) is 1.89. The molecule has 0 aliphatic heterocycles. The van der Waals surface area contributed by atoms with Gasteiger partial charge in [0.05, 0.1) is 0 Å². The molecule has 0 amide bonds. The van der Waals surface area contributed by atoms with Gasteiger partial charge in [-0.05, 0) is 26.8 Å². The molecule has 0 heterocycles. The van der Waals surface area contributed by atoms with Crippen LogP contribution in [0.15, 0.2) is 0 Å². The molecule has 0 aromatic carbocycles. The van der Waals surface area contributed by atoms with Crippen molar-refractivity contribution in [2.45, 2.75) is 25.3 Å². The van der Waals surface area contributed by atoms with E-state index in [0.29, 0.717) is 12.8 Å². The SMILES string of the molecule is Br.CNC(C)(CCO)CCO. The quantitative estimate of drug-likeness (QED) is 0.634. The summed E-state index contributed by atoms with van der Waals surface area (Å²) < 4.78 is 0. The van der Waals surface area contributed by atoms with Gasteiger partial charge < -0.3 is 15.5 Å². The van der Waals surface area contributed by atoms with Crippen molar-refractivity contribution in [1.29, 1.82) is 0 Å². The molecule has 0 spiro atoms. The summed E-state index contributed by atoms with van der Waals surface area (Å²) in [6, 6.07) is 0. The Balaban J connectivity index is 0. The molecule has 70 valence electrons. The van der Waals surface area contributed by atoms with Crippen LogP contribution in [0, 0.1) is 0 Å². The standard InChI is InChI=1S/C7H17NO2.BrH/c1-7(8-2,3-5-9)4-6-10;/h8-10H,3-6H2,1-2H3;1H. The second-order valence-electron chi connectivity index (χ2n) is 2.76. The first-order chi connectivity index (χ1) is 4.68. The first-order valence-corrected chi connectivity index (χ1v) is 3.59. The molecule has 0 bridgehead atoms. The number of hydrogen-bond donors (Lipinski definition) is 3. The first kappa shape index (κ1) is 13.9. The predicted octanol–water partition coefficient (Wildman–Crippen LogP) is 0.307. The van der Waals surface area contributed by atoms with Gasteiger partial charge in [-0.1, -0.05) is 0 Å². The highest BCUT2D eigenvalue weighted by molar-refractivity contribution is 8.93. The van der Waals surface area contributed by atoms with Crippen LogP contribution in [0.4, 0.5) is 0 Å². The molecule has 0 fully saturated rings. The number of aliphatic hydroxyl groups is 2. The van der Waals surface area contributed by atoms with Gasteiger partial charge in [-0.3, -0.25) is 0 Å². The molecule has 0 unspecified atom stereocenters. The molecule has 0 saturated carbocycles. The highest BCUT2D eigenvalue weighted by Crippen LogP contribution is 2.12. The maximum atomic E-state index is 8.64. The lowest BCUT2D eigenvalue weighted by atomic mass is 9.95. The van der Waals surface area contributed by atoms with Gasteiger partial charge in [0.25, 0.3) is 0 Å². The van der Waals surface area contributed by atoms with Gasteiger partial charge >= 0.3 is 0 Å². The zero-order valence-electron chi connectivity index (χ0n) is 7.13. The van der Waals surface area contributed by atoms with E-state index in [-0.39, 0.29) is 35.7 Å². The smallest absolute Gasteiger partial charge is 0.0448 e. The van der Waals surface area contributed by atoms with Crippen LogP contribution < -0.4 is 5.32 Å². The summed E-state index contributed by atoms with van der Waals surface area (Å²) >= 11 is 0. The van der Waals surface area contributed by atoms with Gasteiger partial charge in [0.15, 0.2) is 0 Å². The summed E-state index contributed by atoms with van der Waals surface area (Å²) in [5, 5.41) is 20.3. The Morgan fingerprint density at radius 2 is 1.55 bits per heavy atom. The maximum absolute atomic E-state index is 8.64. The van der Waals surface area contributed by atoms with Crippen LogP contribution in [0.1, 0.15) is 19.8 Å². The molecular weight excluding hydrogens is 210 g/mol. The third-order valence-electron chi connectivity index (χ3n) is 1.93. The minimum Gasteiger partial charge on any atom is -0.396 e. The highest BCUT2D eigenvalue weighted by Gasteiger charge is 2.19. The zero-order valence-corrected chi connectivity index (χ0v) is 8.84. The normalized spacial score (nSPS) is 10.9. The number of halogens is 1. The van der Waals surface area contributed by atoms with Crippen LogP contribution in [-0.4, -0.2) is 36.0 Å². The molecule has 3 nitrogen and oxygen atoms in total. The van der Waals surface area contributed by atoms with Crippen LogP contribution >= 0.6 is 17.0 Å². The molecule has 0 aromatic rings. The van der Waals surface area contributed by atoms with E-state index in [0.717, 1.165) is 0 Å². The van der Waals surface area contributed by atoms with E-state index >= 15 is 0 Å². The van der Waals surface area contributed by atoms with Crippen molar-refractivity contribution in [3.63, 3.8) is 0 Å². The third kappa shape index (κ3) is 5.61. The summed E-state index contributed by atoms with van der Waals surface area (Å²) in [4.78, 5) is 0. The Bertz CT molecular complexity index is 84.5. The van der Waals surface area contributed by atoms with Crippen molar-refractivity contribution in [1.82, 2.24) is 5.32 Å². The van der Waals surface area contributed by atoms with Crippen molar-refractivity contribution in [3.8, 4) is 0 Å². The second-order valence-corrected chi connectivity index (χ2v) is 2.76. The van der Waals surface area contributed by atoms with Crippen LogP contribution in [-0.2, 0) is 0 Å². The predicted molar refractivity (Wildman–Crippen MR) is 51.2 cm³/mol. The minimum atomic E-state index is -0.108. The Kier molecular flexibility index (Phi) is 8.90. The van der Waals surface area contributed by atoms with Gasteiger partial charge in [0, 0.05) is 18.8 Å². The number of rotatable bonds is 5. The van der Waals surface area contributed by atoms with E-state index in [9.17, 15) is 0 Å². The van der Waals surface area contributed by atoms with Crippen molar-refractivity contribution in [2.24, 2.45) is 0 Å². The number of nitrogens with one attached hydrogen (secondary N) is 1. The van der Waals surface area contributed by atoms with E-state index in [1.54, 1.807) is 0 Å². The topological polar surface area (TPSA) is 52.5 Å². The van der Waals surface area contributed by atoms with Gasteiger partial charge in [-0.25, -0.2) is 0 Å². The number of aliphatic hydroxyl groups excluding tert-OH is 2. The number of hydrogen-bond acceptors (Lipinski definition) is 3. The Morgan fingerprint density at radius 3 is 1.73 bits per heavy atom. The average molecular weight is 228 g/mol. The van der Waals surface area contributed by atoms with E-state index in [1.165, 1.54) is 0 Å². The monoisotopic (exact) mass is 227 g/mol. The van der Waals surface area contributed by atoms with Gasteiger partial charge in [-0.15, -0.1) is 17.0 Å². The molecule has 4 heteroatoms. The molecular formula is C7H18BrNO2. The highest BCUT2D eigenvalue weighted by atomic mass is 79.9. The van der Waals surface area contributed by atoms with Crippen molar-refractivity contribution < 1.29 is 10.2 Å². The van der Waals surface area contributed by atoms with E-state index in [2.05, 4.69) is 5.32 Å². The Labute approximate surface area is 78.6 Å². The summed E-state index contributed by atoms with van der Waals surface area (Å²) in [6.45, 7) is 2.31. The third-order valence-corrected chi connectivity index (χ3v) is 1.93. The van der Waals surface area contributed by atoms with E-state index < -0.39 is 0 Å². The Hall–Kier alpha value is 0.360. The molecule has 0 aliphatic rings. The lowest BCUT2D eigenvalue weighted by molar-refractivity contribution is 0.183. The van der Waals surface area contributed by atoms with Crippen LogP contribution in [0.25, 0.3) is 0 Å². The molecule has 0 atom stereocenters. The summed E-state index contributed by atoms with van der Waals surface area (Å²) in [7, 11) is 1.84. The van der Waals surface area contributed by atoms with Gasteiger partial charge in [0.2, 0.25) is 0 Å². The summed E-state index contributed by atoms with van der Waals surface area (Å²) in [6.07, 6.45) is 1.37. The van der Waals surface area contributed by atoms with Crippen LogP contribution in [0.2, 0.25) is 0 Å². The minimum absolute atomic E-state index is 0. The van der Waals surface area contributed by atoms with Crippen molar-refractivity contribution in [3.05, 3.63) is 0 Å². The molecule has 0 aromatic heterocycles.